The Hall–Kier alpha value is -2.32. The van der Waals surface area contributed by atoms with Gasteiger partial charge in [0.15, 0.2) is 11.8 Å². The first kappa shape index (κ1) is 17.5. The van der Waals surface area contributed by atoms with Crippen LogP contribution in [0.5, 0.6) is 5.75 Å². The topological polar surface area (TPSA) is 77.4 Å². The first-order valence-corrected chi connectivity index (χ1v) is 8.63. The van der Waals surface area contributed by atoms with Crippen molar-refractivity contribution in [3.05, 3.63) is 34.7 Å². The molecule has 132 valence electrons. The number of rotatable bonds is 4. The molecule has 0 bridgehead atoms. The third-order valence-electron chi connectivity index (χ3n) is 3.67. The Labute approximate surface area is 149 Å². The Morgan fingerprint density at radius 2 is 2.12 bits per heavy atom. The number of carbonyl (C=O) groups is 2. The standard InChI is InChI=1S/C17H18N2O5S/c1-22-15(20)11-24-13-5-3-2-4-12(13)10-14-16(21)18-17(25-14)19-6-8-23-9-7-19/h2-5,10H,6-9,11H2,1H3/b14-10+. The minimum atomic E-state index is -0.466. The van der Waals surface area contributed by atoms with Gasteiger partial charge >= 0.3 is 5.97 Å². The summed E-state index contributed by atoms with van der Waals surface area (Å²) in [7, 11) is 1.30. The quantitative estimate of drug-likeness (QED) is 0.594. The first-order valence-electron chi connectivity index (χ1n) is 7.81. The van der Waals surface area contributed by atoms with Crippen LogP contribution in [0.3, 0.4) is 0 Å². The lowest BCUT2D eigenvalue weighted by atomic mass is 10.2. The van der Waals surface area contributed by atoms with E-state index in [1.165, 1.54) is 18.9 Å². The van der Waals surface area contributed by atoms with Gasteiger partial charge < -0.3 is 19.1 Å². The number of amides is 1. The van der Waals surface area contributed by atoms with Gasteiger partial charge in [-0.2, -0.15) is 4.99 Å². The molecule has 2 heterocycles. The average Bonchev–Trinajstić information content (AvgIpc) is 3.02. The largest absolute Gasteiger partial charge is 0.481 e. The molecule has 0 saturated carbocycles. The van der Waals surface area contributed by atoms with Gasteiger partial charge in [-0.25, -0.2) is 4.79 Å². The Bertz CT molecular complexity index is 726. The van der Waals surface area contributed by atoms with Crippen molar-refractivity contribution >= 4 is 34.9 Å². The van der Waals surface area contributed by atoms with E-state index in [-0.39, 0.29) is 12.5 Å². The zero-order valence-electron chi connectivity index (χ0n) is 13.8. The zero-order chi connectivity index (χ0) is 17.6. The van der Waals surface area contributed by atoms with Crippen molar-refractivity contribution in [3.63, 3.8) is 0 Å². The van der Waals surface area contributed by atoms with Crippen LogP contribution >= 0.6 is 11.8 Å². The average molecular weight is 362 g/mol. The van der Waals surface area contributed by atoms with Crippen LogP contribution in [0.25, 0.3) is 6.08 Å². The smallest absolute Gasteiger partial charge is 0.343 e. The molecule has 1 saturated heterocycles. The summed E-state index contributed by atoms with van der Waals surface area (Å²) in [6.07, 6.45) is 1.73. The second kappa shape index (κ2) is 8.17. The fourth-order valence-corrected chi connectivity index (χ4v) is 3.31. The van der Waals surface area contributed by atoms with Gasteiger partial charge in [-0.3, -0.25) is 4.79 Å². The van der Waals surface area contributed by atoms with Gasteiger partial charge in [-0.15, -0.1) is 0 Å². The minimum absolute atomic E-state index is 0.187. The number of esters is 1. The summed E-state index contributed by atoms with van der Waals surface area (Å²) in [6.45, 7) is 2.54. The summed E-state index contributed by atoms with van der Waals surface area (Å²) >= 11 is 1.34. The maximum absolute atomic E-state index is 12.2. The van der Waals surface area contributed by atoms with Gasteiger partial charge in [0.2, 0.25) is 0 Å². The van der Waals surface area contributed by atoms with Gasteiger partial charge in [0.25, 0.3) is 5.91 Å². The third kappa shape index (κ3) is 4.40. The van der Waals surface area contributed by atoms with Crippen molar-refractivity contribution in [2.75, 3.05) is 40.0 Å². The lowest BCUT2D eigenvalue weighted by Crippen LogP contribution is -2.38. The number of thioether (sulfide) groups is 1. The predicted molar refractivity (Wildman–Crippen MR) is 94.4 cm³/mol. The molecule has 0 radical (unpaired) electrons. The number of methoxy groups -OCH3 is 1. The summed E-state index contributed by atoms with van der Waals surface area (Å²) in [5.41, 5.74) is 0.709. The van der Waals surface area contributed by atoms with Crippen molar-refractivity contribution in [1.82, 2.24) is 4.90 Å². The highest BCUT2D eigenvalue weighted by Crippen LogP contribution is 2.32. The highest BCUT2D eigenvalue weighted by atomic mass is 32.2. The van der Waals surface area contributed by atoms with Crippen LogP contribution in [0.1, 0.15) is 5.56 Å². The number of hydrogen-bond donors (Lipinski definition) is 0. The number of hydrogen-bond acceptors (Lipinski definition) is 7. The molecular formula is C17H18N2O5S. The van der Waals surface area contributed by atoms with E-state index in [1.807, 2.05) is 17.0 Å². The van der Waals surface area contributed by atoms with Crippen molar-refractivity contribution in [3.8, 4) is 5.75 Å². The molecule has 0 atom stereocenters. The van der Waals surface area contributed by atoms with E-state index in [4.69, 9.17) is 9.47 Å². The van der Waals surface area contributed by atoms with Gasteiger partial charge in [0, 0.05) is 18.7 Å². The van der Waals surface area contributed by atoms with Gasteiger partial charge in [-0.05, 0) is 23.9 Å². The summed E-state index contributed by atoms with van der Waals surface area (Å²) in [5, 5.41) is 0.701. The maximum Gasteiger partial charge on any atom is 0.343 e. The fraction of sp³-hybridized carbons (Fsp3) is 0.353. The Morgan fingerprint density at radius 1 is 1.36 bits per heavy atom. The van der Waals surface area contributed by atoms with E-state index in [9.17, 15) is 9.59 Å². The number of ether oxygens (including phenoxy) is 3. The SMILES string of the molecule is COC(=O)COc1ccccc1/C=C1/SC(N2CCOCC2)=NC1=O. The molecule has 0 unspecified atom stereocenters. The van der Waals surface area contributed by atoms with Crippen LogP contribution in [-0.2, 0) is 19.1 Å². The second-order valence-electron chi connectivity index (χ2n) is 5.31. The fourth-order valence-electron chi connectivity index (χ4n) is 2.36. The first-order chi connectivity index (χ1) is 12.2. The van der Waals surface area contributed by atoms with Crippen LogP contribution in [-0.4, -0.2) is 62.0 Å². The second-order valence-corrected chi connectivity index (χ2v) is 6.32. The lowest BCUT2D eigenvalue weighted by molar-refractivity contribution is -0.142. The van der Waals surface area contributed by atoms with Crippen LogP contribution in [0.15, 0.2) is 34.2 Å². The normalized spacial score (nSPS) is 19.1. The number of carbonyl (C=O) groups excluding carboxylic acids is 2. The van der Waals surface area contributed by atoms with Crippen LogP contribution in [0.4, 0.5) is 0 Å². The summed E-state index contributed by atoms with van der Waals surface area (Å²) in [4.78, 5) is 30.2. The number of morpholine rings is 1. The molecule has 8 heteroatoms. The van der Waals surface area contributed by atoms with Gasteiger partial charge in [0.1, 0.15) is 5.75 Å². The molecule has 1 aromatic rings. The Morgan fingerprint density at radius 3 is 2.88 bits per heavy atom. The molecule has 0 aromatic heterocycles. The van der Waals surface area contributed by atoms with E-state index in [2.05, 4.69) is 9.73 Å². The van der Waals surface area contributed by atoms with Crippen molar-refractivity contribution in [1.29, 1.82) is 0 Å². The molecule has 7 nitrogen and oxygen atoms in total. The molecular weight excluding hydrogens is 344 g/mol. The number of benzene rings is 1. The van der Waals surface area contributed by atoms with E-state index in [0.29, 0.717) is 34.6 Å². The van der Waals surface area contributed by atoms with Crippen LogP contribution in [0.2, 0.25) is 0 Å². The predicted octanol–water partition coefficient (Wildman–Crippen LogP) is 1.54. The molecule has 2 aliphatic rings. The molecule has 1 aromatic carbocycles. The summed E-state index contributed by atoms with van der Waals surface area (Å²) in [5.74, 6) is -0.227. The van der Waals surface area contributed by atoms with Crippen molar-refractivity contribution in [2.24, 2.45) is 4.99 Å². The number of amidine groups is 1. The van der Waals surface area contributed by atoms with E-state index < -0.39 is 5.97 Å². The molecule has 25 heavy (non-hydrogen) atoms. The third-order valence-corrected chi connectivity index (χ3v) is 4.71. The van der Waals surface area contributed by atoms with Crippen molar-refractivity contribution < 1.29 is 23.8 Å². The Kier molecular flexibility index (Phi) is 5.72. The van der Waals surface area contributed by atoms with E-state index in [1.54, 1.807) is 18.2 Å². The van der Waals surface area contributed by atoms with Crippen LogP contribution in [0, 0.1) is 0 Å². The highest BCUT2D eigenvalue weighted by Gasteiger charge is 2.27. The van der Waals surface area contributed by atoms with Gasteiger partial charge in [-0.1, -0.05) is 18.2 Å². The number of aliphatic imine (C=N–C) groups is 1. The van der Waals surface area contributed by atoms with Crippen molar-refractivity contribution in [2.45, 2.75) is 0 Å². The lowest BCUT2D eigenvalue weighted by Gasteiger charge is -2.27. The number of nitrogens with zero attached hydrogens (tertiary/aromatic N) is 2. The molecule has 0 N–H and O–H groups in total. The molecule has 1 amide bonds. The van der Waals surface area contributed by atoms with E-state index in [0.717, 1.165) is 13.1 Å². The monoisotopic (exact) mass is 362 g/mol. The summed E-state index contributed by atoms with van der Waals surface area (Å²) < 4.78 is 15.4. The number of para-hydroxylation sites is 1. The maximum atomic E-state index is 12.2. The molecule has 0 spiro atoms. The zero-order valence-corrected chi connectivity index (χ0v) is 14.6. The van der Waals surface area contributed by atoms with E-state index >= 15 is 0 Å². The van der Waals surface area contributed by atoms with Crippen LogP contribution < -0.4 is 4.74 Å². The van der Waals surface area contributed by atoms with Gasteiger partial charge in [0.05, 0.1) is 25.2 Å². The highest BCUT2D eigenvalue weighted by molar-refractivity contribution is 8.18. The molecule has 2 aliphatic heterocycles. The molecule has 1 fully saturated rings. The summed E-state index contributed by atoms with van der Waals surface area (Å²) in [6, 6.07) is 7.20. The minimum Gasteiger partial charge on any atom is -0.481 e. The molecule has 3 rings (SSSR count). The Balaban J connectivity index is 1.73. The molecule has 0 aliphatic carbocycles.